The molecule has 0 fully saturated rings. The minimum atomic E-state index is -0.150. The van der Waals surface area contributed by atoms with Gasteiger partial charge in [-0.2, -0.15) is 11.3 Å². The SMILES string of the molecule is Cl.N[C@H](c1ccsc1)c1ccccc1OCc1ccccc1. The van der Waals surface area contributed by atoms with Crippen molar-refractivity contribution in [2.24, 2.45) is 5.73 Å². The molecule has 0 radical (unpaired) electrons. The molecule has 2 nitrogen and oxygen atoms in total. The Morgan fingerprint density at radius 1 is 0.955 bits per heavy atom. The Kier molecular flexibility index (Phi) is 6.01. The molecule has 2 N–H and O–H groups in total. The lowest BCUT2D eigenvalue weighted by Gasteiger charge is -2.16. The van der Waals surface area contributed by atoms with E-state index >= 15 is 0 Å². The van der Waals surface area contributed by atoms with Crippen molar-refractivity contribution in [3.63, 3.8) is 0 Å². The molecule has 1 atom stereocenters. The maximum absolute atomic E-state index is 6.36. The van der Waals surface area contributed by atoms with Crippen LogP contribution in [0.15, 0.2) is 71.4 Å². The highest BCUT2D eigenvalue weighted by Crippen LogP contribution is 2.29. The summed E-state index contributed by atoms with van der Waals surface area (Å²) < 4.78 is 5.97. The van der Waals surface area contributed by atoms with Crippen molar-refractivity contribution in [1.29, 1.82) is 0 Å². The van der Waals surface area contributed by atoms with Gasteiger partial charge in [0.2, 0.25) is 0 Å². The normalized spacial score (nSPS) is 11.5. The Balaban J connectivity index is 0.00000176. The zero-order valence-electron chi connectivity index (χ0n) is 12.0. The molecule has 0 aliphatic carbocycles. The van der Waals surface area contributed by atoms with Gasteiger partial charge < -0.3 is 10.5 Å². The van der Waals surface area contributed by atoms with Gasteiger partial charge in [0.15, 0.2) is 0 Å². The topological polar surface area (TPSA) is 35.2 Å². The quantitative estimate of drug-likeness (QED) is 0.729. The molecule has 3 aromatic rings. The van der Waals surface area contributed by atoms with Crippen molar-refractivity contribution < 1.29 is 4.74 Å². The van der Waals surface area contributed by atoms with E-state index in [-0.39, 0.29) is 18.4 Å². The van der Waals surface area contributed by atoms with Gasteiger partial charge in [0, 0.05) is 5.56 Å². The van der Waals surface area contributed by atoms with Crippen LogP contribution >= 0.6 is 23.7 Å². The smallest absolute Gasteiger partial charge is 0.124 e. The third-order valence-corrected chi connectivity index (χ3v) is 4.10. The van der Waals surface area contributed by atoms with Crippen molar-refractivity contribution in [2.45, 2.75) is 12.6 Å². The Bertz CT molecular complexity index is 685. The molecule has 0 saturated carbocycles. The average Bonchev–Trinajstić information content (AvgIpc) is 3.08. The van der Waals surface area contributed by atoms with Crippen molar-refractivity contribution in [1.82, 2.24) is 0 Å². The fourth-order valence-electron chi connectivity index (χ4n) is 2.24. The molecule has 2 aromatic carbocycles. The Labute approximate surface area is 141 Å². The number of ether oxygens (including phenoxy) is 1. The Morgan fingerprint density at radius 2 is 1.68 bits per heavy atom. The van der Waals surface area contributed by atoms with E-state index in [2.05, 4.69) is 23.6 Å². The maximum atomic E-state index is 6.36. The predicted octanol–water partition coefficient (Wildman–Crippen LogP) is 4.80. The molecule has 22 heavy (non-hydrogen) atoms. The zero-order valence-corrected chi connectivity index (χ0v) is 13.6. The molecule has 0 saturated heterocycles. The van der Waals surface area contributed by atoms with Crippen LogP contribution in [0.3, 0.4) is 0 Å². The second kappa shape index (κ2) is 7.99. The third kappa shape index (κ3) is 3.89. The van der Waals surface area contributed by atoms with Crippen LogP contribution in [0.5, 0.6) is 5.75 Å². The first kappa shape index (κ1) is 16.6. The van der Waals surface area contributed by atoms with Crippen LogP contribution in [-0.2, 0) is 6.61 Å². The fourth-order valence-corrected chi connectivity index (χ4v) is 2.93. The standard InChI is InChI=1S/C18H17NOS.ClH/c19-18(15-10-11-21-13-15)16-8-4-5-9-17(16)20-12-14-6-2-1-3-7-14;/h1-11,13,18H,12,19H2;1H/t18-;/m1./s1. The van der Waals surface area contributed by atoms with Crippen LogP contribution in [0.2, 0.25) is 0 Å². The van der Waals surface area contributed by atoms with Crippen LogP contribution in [0, 0.1) is 0 Å². The number of para-hydroxylation sites is 1. The minimum absolute atomic E-state index is 0. The van der Waals surface area contributed by atoms with Crippen molar-refractivity contribution in [3.8, 4) is 5.75 Å². The van der Waals surface area contributed by atoms with Gasteiger partial charge >= 0.3 is 0 Å². The van der Waals surface area contributed by atoms with Gasteiger partial charge in [0.05, 0.1) is 6.04 Å². The molecular weight excluding hydrogens is 314 g/mol. The zero-order chi connectivity index (χ0) is 14.5. The summed E-state index contributed by atoms with van der Waals surface area (Å²) in [6.45, 7) is 0.550. The van der Waals surface area contributed by atoms with E-state index in [1.165, 1.54) is 0 Å². The van der Waals surface area contributed by atoms with Gasteiger partial charge in [-0.1, -0.05) is 48.5 Å². The summed E-state index contributed by atoms with van der Waals surface area (Å²) in [5.74, 6) is 0.847. The summed E-state index contributed by atoms with van der Waals surface area (Å²) in [4.78, 5) is 0. The van der Waals surface area contributed by atoms with Gasteiger partial charge in [-0.3, -0.25) is 0 Å². The number of thiophene rings is 1. The summed E-state index contributed by atoms with van der Waals surface area (Å²) in [7, 11) is 0. The summed E-state index contributed by atoms with van der Waals surface area (Å²) in [6, 6.07) is 20.0. The molecule has 0 aliphatic heterocycles. The molecule has 0 bridgehead atoms. The number of nitrogens with two attached hydrogens (primary N) is 1. The highest BCUT2D eigenvalue weighted by atomic mass is 35.5. The largest absolute Gasteiger partial charge is 0.489 e. The summed E-state index contributed by atoms with van der Waals surface area (Å²) in [5, 5.41) is 4.13. The number of halogens is 1. The lowest BCUT2D eigenvalue weighted by atomic mass is 10.0. The molecule has 0 amide bonds. The van der Waals surface area contributed by atoms with E-state index < -0.39 is 0 Å². The molecule has 0 aliphatic rings. The molecule has 1 aromatic heterocycles. The fraction of sp³-hybridized carbons (Fsp3) is 0.111. The molecule has 0 unspecified atom stereocenters. The number of benzene rings is 2. The van der Waals surface area contributed by atoms with Crippen LogP contribution in [0.25, 0.3) is 0 Å². The number of rotatable bonds is 5. The van der Waals surface area contributed by atoms with E-state index in [0.29, 0.717) is 6.61 Å². The first-order chi connectivity index (χ1) is 10.3. The van der Waals surface area contributed by atoms with E-state index in [1.807, 2.05) is 47.8 Å². The molecule has 1 heterocycles. The second-order valence-corrected chi connectivity index (χ2v) is 5.63. The first-order valence-electron chi connectivity index (χ1n) is 6.88. The van der Waals surface area contributed by atoms with Gasteiger partial charge in [0.1, 0.15) is 12.4 Å². The van der Waals surface area contributed by atoms with E-state index in [9.17, 15) is 0 Å². The molecule has 114 valence electrons. The second-order valence-electron chi connectivity index (χ2n) is 4.85. The molecule has 4 heteroatoms. The predicted molar refractivity (Wildman–Crippen MR) is 94.8 cm³/mol. The third-order valence-electron chi connectivity index (χ3n) is 3.39. The van der Waals surface area contributed by atoms with E-state index in [1.54, 1.807) is 11.3 Å². The highest BCUT2D eigenvalue weighted by molar-refractivity contribution is 7.08. The van der Waals surface area contributed by atoms with Gasteiger partial charge in [-0.25, -0.2) is 0 Å². The molecular formula is C18H18ClNOS. The van der Waals surface area contributed by atoms with Gasteiger partial charge in [0.25, 0.3) is 0 Å². The van der Waals surface area contributed by atoms with Crippen LogP contribution in [0.4, 0.5) is 0 Å². The van der Waals surface area contributed by atoms with Crippen LogP contribution in [0.1, 0.15) is 22.7 Å². The number of hydrogen-bond donors (Lipinski definition) is 1. The Morgan fingerprint density at radius 3 is 2.41 bits per heavy atom. The molecule has 0 spiro atoms. The summed E-state index contributed by atoms with van der Waals surface area (Å²) in [6.07, 6.45) is 0. The van der Waals surface area contributed by atoms with Crippen molar-refractivity contribution in [3.05, 3.63) is 88.1 Å². The van der Waals surface area contributed by atoms with Gasteiger partial charge in [-0.05, 0) is 34.0 Å². The minimum Gasteiger partial charge on any atom is -0.489 e. The van der Waals surface area contributed by atoms with Crippen molar-refractivity contribution in [2.75, 3.05) is 0 Å². The monoisotopic (exact) mass is 331 g/mol. The lowest BCUT2D eigenvalue weighted by Crippen LogP contribution is -2.12. The lowest BCUT2D eigenvalue weighted by molar-refractivity contribution is 0.302. The van der Waals surface area contributed by atoms with E-state index in [4.69, 9.17) is 10.5 Å². The first-order valence-corrected chi connectivity index (χ1v) is 7.82. The van der Waals surface area contributed by atoms with E-state index in [0.717, 1.165) is 22.4 Å². The summed E-state index contributed by atoms with van der Waals surface area (Å²) >= 11 is 1.66. The Hall–Kier alpha value is -1.81. The average molecular weight is 332 g/mol. The number of hydrogen-bond acceptors (Lipinski definition) is 3. The van der Waals surface area contributed by atoms with Crippen LogP contribution < -0.4 is 10.5 Å². The molecule has 3 rings (SSSR count). The highest BCUT2D eigenvalue weighted by Gasteiger charge is 2.14. The van der Waals surface area contributed by atoms with Crippen LogP contribution in [-0.4, -0.2) is 0 Å². The maximum Gasteiger partial charge on any atom is 0.124 e. The van der Waals surface area contributed by atoms with Gasteiger partial charge in [-0.15, -0.1) is 12.4 Å². The van der Waals surface area contributed by atoms with Crippen molar-refractivity contribution >= 4 is 23.7 Å². The summed E-state index contributed by atoms with van der Waals surface area (Å²) in [5.41, 5.74) is 9.65.